The molecule has 4 heteroatoms. The monoisotopic (exact) mass is 248 g/mol. The maximum Gasteiger partial charge on any atom is 0.346 e. The molecule has 2 rings (SSSR count). The second kappa shape index (κ2) is 5.01. The Labute approximate surface area is 103 Å². The standard InChI is InChI=1S/C13H12O3S/c1-2-16-10-5-3-9(4-6-10)11-7-8-17-12(11)13(14)15/h3-8H,2H2,1H3,(H,14,15). The lowest BCUT2D eigenvalue weighted by atomic mass is 10.1. The van der Waals surface area contributed by atoms with Crippen LogP contribution in [-0.4, -0.2) is 17.7 Å². The van der Waals surface area contributed by atoms with Crippen LogP contribution in [0.25, 0.3) is 11.1 Å². The average molecular weight is 248 g/mol. The fourth-order valence-corrected chi connectivity index (χ4v) is 2.35. The highest BCUT2D eigenvalue weighted by Crippen LogP contribution is 2.29. The minimum Gasteiger partial charge on any atom is -0.494 e. The molecule has 1 N–H and O–H groups in total. The third-order valence-electron chi connectivity index (χ3n) is 2.34. The largest absolute Gasteiger partial charge is 0.494 e. The number of hydrogen-bond donors (Lipinski definition) is 1. The molecule has 0 radical (unpaired) electrons. The van der Waals surface area contributed by atoms with Crippen molar-refractivity contribution in [3.05, 3.63) is 40.6 Å². The predicted octanol–water partition coefficient (Wildman–Crippen LogP) is 3.51. The topological polar surface area (TPSA) is 46.5 Å². The molecule has 0 atom stereocenters. The Morgan fingerprint density at radius 1 is 1.29 bits per heavy atom. The summed E-state index contributed by atoms with van der Waals surface area (Å²) in [6, 6.07) is 9.27. The van der Waals surface area contributed by atoms with Crippen LogP contribution >= 0.6 is 11.3 Å². The van der Waals surface area contributed by atoms with Crippen molar-refractivity contribution in [2.45, 2.75) is 6.92 Å². The summed E-state index contributed by atoms with van der Waals surface area (Å²) in [6.07, 6.45) is 0. The summed E-state index contributed by atoms with van der Waals surface area (Å²) in [4.78, 5) is 11.4. The molecule has 0 spiro atoms. The molecule has 0 bridgehead atoms. The lowest BCUT2D eigenvalue weighted by Gasteiger charge is -2.04. The van der Waals surface area contributed by atoms with Crippen molar-refractivity contribution in [1.82, 2.24) is 0 Å². The van der Waals surface area contributed by atoms with Crippen LogP contribution in [-0.2, 0) is 0 Å². The van der Waals surface area contributed by atoms with E-state index < -0.39 is 5.97 Å². The van der Waals surface area contributed by atoms with E-state index >= 15 is 0 Å². The van der Waals surface area contributed by atoms with E-state index in [1.165, 1.54) is 11.3 Å². The van der Waals surface area contributed by atoms with Crippen molar-refractivity contribution < 1.29 is 14.6 Å². The molecule has 0 unspecified atom stereocenters. The molecule has 1 heterocycles. The van der Waals surface area contributed by atoms with Gasteiger partial charge in [-0.05, 0) is 36.1 Å². The van der Waals surface area contributed by atoms with Gasteiger partial charge in [0, 0.05) is 5.56 Å². The quantitative estimate of drug-likeness (QED) is 0.900. The van der Waals surface area contributed by atoms with Crippen molar-refractivity contribution in [2.75, 3.05) is 6.61 Å². The molecule has 0 saturated heterocycles. The van der Waals surface area contributed by atoms with Gasteiger partial charge in [0.05, 0.1) is 6.61 Å². The van der Waals surface area contributed by atoms with Crippen LogP contribution in [0, 0.1) is 0 Å². The zero-order valence-electron chi connectivity index (χ0n) is 9.34. The van der Waals surface area contributed by atoms with Gasteiger partial charge < -0.3 is 9.84 Å². The van der Waals surface area contributed by atoms with E-state index in [1.807, 2.05) is 37.3 Å². The van der Waals surface area contributed by atoms with E-state index in [1.54, 1.807) is 5.38 Å². The van der Waals surface area contributed by atoms with E-state index in [2.05, 4.69) is 0 Å². The zero-order valence-corrected chi connectivity index (χ0v) is 10.2. The van der Waals surface area contributed by atoms with Crippen molar-refractivity contribution in [3.8, 4) is 16.9 Å². The smallest absolute Gasteiger partial charge is 0.346 e. The second-order valence-corrected chi connectivity index (χ2v) is 4.34. The maximum atomic E-state index is 11.0. The number of rotatable bonds is 4. The van der Waals surface area contributed by atoms with Gasteiger partial charge in [0.2, 0.25) is 0 Å². The number of benzene rings is 1. The Hall–Kier alpha value is -1.81. The van der Waals surface area contributed by atoms with E-state index in [9.17, 15) is 4.79 Å². The van der Waals surface area contributed by atoms with Crippen molar-refractivity contribution in [3.63, 3.8) is 0 Å². The van der Waals surface area contributed by atoms with Gasteiger partial charge in [0.15, 0.2) is 0 Å². The molecule has 0 aliphatic heterocycles. The highest BCUT2D eigenvalue weighted by Gasteiger charge is 2.12. The Morgan fingerprint density at radius 3 is 2.59 bits per heavy atom. The van der Waals surface area contributed by atoms with Crippen molar-refractivity contribution in [1.29, 1.82) is 0 Å². The van der Waals surface area contributed by atoms with Gasteiger partial charge in [0.1, 0.15) is 10.6 Å². The number of ether oxygens (including phenoxy) is 1. The molecule has 0 amide bonds. The maximum absolute atomic E-state index is 11.0. The summed E-state index contributed by atoms with van der Waals surface area (Å²) in [6.45, 7) is 2.55. The molecule has 0 fully saturated rings. The van der Waals surface area contributed by atoms with E-state index in [-0.39, 0.29) is 0 Å². The second-order valence-electron chi connectivity index (χ2n) is 3.43. The van der Waals surface area contributed by atoms with Crippen molar-refractivity contribution >= 4 is 17.3 Å². The van der Waals surface area contributed by atoms with Crippen LogP contribution in [0.1, 0.15) is 16.6 Å². The first-order valence-electron chi connectivity index (χ1n) is 5.26. The minimum absolute atomic E-state index is 0.370. The van der Waals surface area contributed by atoms with Crippen LogP contribution in [0.4, 0.5) is 0 Å². The predicted molar refractivity (Wildman–Crippen MR) is 67.9 cm³/mol. The van der Waals surface area contributed by atoms with E-state index in [0.29, 0.717) is 11.5 Å². The Morgan fingerprint density at radius 2 is 2.00 bits per heavy atom. The van der Waals surface area contributed by atoms with Gasteiger partial charge in [-0.15, -0.1) is 11.3 Å². The highest BCUT2D eigenvalue weighted by molar-refractivity contribution is 7.12. The molecule has 1 aromatic heterocycles. The van der Waals surface area contributed by atoms with Gasteiger partial charge in [-0.3, -0.25) is 0 Å². The first-order chi connectivity index (χ1) is 8.22. The third kappa shape index (κ3) is 2.47. The zero-order chi connectivity index (χ0) is 12.3. The molecule has 0 saturated carbocycles. The number of thiophene rings is 1. The molecule has 0 aliphatic rings. The highest BCUT2D eigenvalue weighted by atomic mass is 32.1. The van der Waals surface area contributed by atoms with E-state index in [4.69, 9.17) is 9.84 Å². The van der Waals surface area contributed by atoms with E-state index in [0.717, 1.165) is 16.9 Å². The van der Waals surface area contributed by atoms with Crippen LogP contribution in [0.5, 0.6) is 5.75 Å². The van der Waals surface area contributed by atoms with Crippen LogP contribution < -0.4 is 4.74 Å². The summed E-state index contributed by atoms with van der Waals surface area (Å²) < 4.78 is 5.34. The molecular weight excluding hydrogens is 236 g/mol. The number of hydrogen-bond acceptors (Lipinski definition) is 3. The fraction of sp³-hybridized carbons (Fsp3) is 0.154. The molecule has 88 valence electrons. The SMILES string of the molecule is CCOc1ccc(-c2ccsc2C(=O)O)cc1. The summed E-state index contributed by atoms with van der Waals surface area (Å²) >= 11 is 1.24. The summed E-state index contributed by atoms with van der Waals surface area (Å²) in [5.74, 6) is -0.0905. The average Bonchev–Trinajstić information content (AvgIpc) is 2.79. The normalized spacial score (nSPS) is 10.2. The van der Waals surface area contributed by atoms with Gasteiger partial charge >= 0.3 is 5.97 Å². The lowest BCUT2D eigenvalue weighted by molar-refractivity contribution is 0.0703. The van der Waals surface area contributed by atoms with Gasteiger partial charge in [-0.1, -0.05) is 12.1 Å². The first-order valence-corrected chi connectivity index (χ1v) is 6.14. The van der Waals surface area contributed by atoms with Gasteiger partial charge in [-0.25, -0.2) is 4.79 Å². The first kappa shape index (κ1) is 11.7. The number of carboxylic acid groups (broad SMARTS) is 1. The fourth-order valence-electron chi connectivity index (χ4n) is 1.60. The minimum atomic E-state index is -0.885. The van der Waals surface area contributed by atoms with Gasteiger partial charge in [0.25, 0.3) is 0 Å². The van der Waals surface area contributed by atoms with Crippen LogP contribution in [0.3, 0.4) is 0 Å². The number of carboxylic acids is 1. The summed E-state index contributed by atoms with van der Waals surface area (Å²) in [5, 5.41) is 10.8. The lowest BCUT2D eigenvalue weighted by Crippen LogP contribution is -1.94. The Balaban J connectivity index is 2.33. The summed E-state index contributed by atoms with van der Waals surface area (Å²) in [7, 11) is 0. The molecule has 2 aromatic rings. The Bertz CT molecular complexity index is 514. The van der Waals surface area contributed by atoms with Crippen molar-refractivity contribution in [2.24, 2.45) is 0 Å². The number of aromatic carboxylic acids is 1. The molecular formula is C13H12O3S. The Kier molecular flexibility index (Phi) is 3.44. The summed E-state index contributed by atoms with van der Waals surface area (Å²) in [5.41, 5.74) is 1.65. The number of carbonyl (C=O) groups is 1. The van der Waals surface area contributed by atoms with Gasteiger partial charge in [-0.2, -0.15) is 0 Å². The van der Waals surface area contributed by atoms with Crippen LogP contribution in [0.15, 0.2) is 35.7 Å². The third-order valence-corrected chi connectivity index (χ3v) is 3.24. The molecule has 1 aromatic carbocycles. The molecule has 0 aliphatic carbocycles. The molecule has 3 nitrogen and oxygen atoms in total. The van der Waals surface area contributed by atoms with Crippen LogP contribution in [0.2, 0.25) is 0 Å². The molecule has 17 heavy (non-hydrogen) atoms.